The number of rotatable bonds is 4. The molecule has 0 bridgehead atoms. The van der Waals surface area contributed by atoms with Gasteiger partial charge in [0.2, 0.25) is 5.76 Å². The number of hydrogen-bond acceptors (Lipinski definition) is 4. The number of hydrogen-bond donors (Lipinski definition) is 0. The van der Waals surface area contributed by atoms with Crippen LogP contribution in [0.15, 0.2) is 52.7 Å². The van der Waals surface area contributed by atoms with Crippen molar-refractivity contribution in [2.45, 2.75) is 71.3 Å². The third-order valence-electron chi connectivity index (χ3n) is 7.52. The van der Waals surface area contributed by atoms with Gasteiger partial charge in [0.15, 0.2) is 0 Å². The van der Waals surface area contributed by atoms with Crippen LogP contribution in [0, 0.1) is 23.2 Å². The monoisotopic (exact) mass is 500 g/mol. The predicted octanol–water partition coefficient (Wildman–Crippen LogP) is 6.66. The van der Waals surface area contributed by atoms with E-state index in [0.29, 0.717) is 24.2 Å². The first-order valence-electron chi connectivity index (χ1n) is 11.9. The molecule has 172 valence electrons. The topological polar surface area (TPSA) is 52.6 Å². The number of halogens is 1. The summed E-state index contributed by atoms with van der Waals surface area (Å²) in [6, 6.07) is 9.91. The number of cyclic esters (lactones) is 1. The van der Waals surface area contributed by atoms with Crippen molar-refractivity contribution >= 4 is 27.9 Å². The molecule has 32 heavy (non-hydrogen) atoms. The highest BCUT2D eigenvalue weighted by Gasteiger charge is 2.53. The molecule has 1 aromatic carbocycles. The minimum Gasteiger partial charge on any atom is -0.456 e. The number of esters is 2. The number of carbonyl (C=O) groups excluding carboxylic acids is 2. The Balaban J connectivity index is 1.66. The van der Waals surface area contributed by atoms with Gasteiger partial charge in [0.1, 0.15) is 11.5 Å². The Hall–Kier alpha value is -1.88. The van der Waals surface area contributed by atoms with Gasteiger partial charge in [-0.05, 0) is 61.5 Å². The summed E-state index contributed by atoms with van der Waals surface area (Å²) in [5.41, 5.74) is 0.163. The second kappa shape index (κ2) is 9.54. The van der Waals surface area contributed by atoms with E-state index in [9.17, 15) is 9.59 Å². The maximum absolute atomic E-state index is 13.5. The molecule has 0 radical (unpaired) electrons. The molecule has 2 aliphatic carbocycles. The van der Waals surface area contributed by atoms with Crippen LogP contribution in [0.5, 0.6) is 0 Å². The van der Waals surface area contributed by atoms with Gasteiger partial charge in [-0.3, -0.25) is 4.79 Å². The van der Waals surface area contributed by atoms with Crippen molar-refractivity contribution in [1.29, 1.82) is 0 Å². The van der Waals surface area contributed by atoms with Crippen molar-refractivity contribution in [3.63, 3.8) is 0 Å². The maximum Gasteiger partial charge on any atom is 0.374 e. The minimum absolute atomic E-state index is 0.0288. The fourth-order valence-corrected chi connectivity index (χ4v) is 6.49. The lowest BCUT2D eigenvalue weighted by Gasteiger charge is -2.42. The van der Waals surface area contributed by atoms with E-state index in [0.717, 1.165) is 42.1 Å². The molecule has 4 rings (SSSR count). The number of allylic oxidation sites excluding steroid dienone is 2. The summed E-state index contributed by atoms with van der Waals surface area (Å²) in [5.74, 6) is 0.143. The molecule has 0 aromatic heterocycles. The van der Waals surface area contributed by atoms with Gasteiger partial charge in [-0.1, -0.05) is 79.5 Å². The molecule has 1 spiro atoms. The number of carbonyl (C=O) groups is 2. The van der Waals surface area contributed by atoms with Crippen LogP contribution in [0.2, 0.25) is 0 Å². The van der Waals surface area contributed by atoms with Crippen molar-refractivity contribution in [2.75, 3.05) is 0 Å². The van der Waals surface area contributed by atoms with Crippen LogP contribution in [-0.4, -0.2) is 18.0 Å². The molecule has 0 saturated heterocycles. The van der Waals surface area contributed by atoms with Crippen LogP contribution >= 0.6 is 15.9 Å². The van der Waals surface area contributed by atoms with E-state index in [4.69, 9.17) is 9.47 Å². The van der Waals surface area contributed by atoms with Crippen molar-refractivity contribution in [3.05, 3.63) is 58.3 Å². The zero-order chi connectivity index (χ0) is 22.9. The summed E-state index contributed by atoms with van der Waals surface area (Å²) < 4.78 is 12.6. The average molecular weight is 501 g/mol. The molecule has 0 amide bonds. The standard InChI is InChI=1S/C27H33BrO4/c1-17(2)20-13-12-18(3)15-22(20)31-25(29)23-16-21(19-9-5-4-6-10-19)27(26(30)32-23)14-8-7-11-24(27)28/h4-6,9-11,16-18,20-22H,7-8,12-15H2,1-3H3/t18-,20+,21+,22-,27-/m1/s1. The number of ether oxygens (including phenoxy) is 2. The van der Waals surface area contributed by atoms with Crippen molar-refractivity contribution < 1.29 is 19.1 Å². The lowest BCUT2D eigenvalue weighted by atomic mass is 9.65. The number of benzene rings is 1. The van der Waals surface area contributed by atoms with Gasteiger partial charge >= 0.3 is 11.9 Å². The molecular formula is C27H33BrO4. The highest BCUT2D eigenvalue weighted by molar-refractivity contribution is 9.11. The van der Waals surface area contributed by atoms with Crippen LogP contribution in [0.25, 0.3) is 0 Å². The SMILES string of the molecule is CC(C)[C@@H]1CC[C@@H](C)C[C@H]1OC(=O)C1=C[C@@H](c2ccccc2)[C@@]2(CCCC=C2Br)C(=O)O1. The molecule has 1 heterocycles. The van der Waals surface area contributed by atoms with E-state index < -0.39 is 11.4 Å². The van der Waals surface area contributed by atoms with Gasteiger partial charge in [-0.2, -0.15) is 0 Å². The van der Waals surface area contributed by atoms with Gasteiger partial charge in [0, 0.05) is 10.4 Å². The Morgan fingerprint density at radius 3 is 2.66 bits per heavy atom. The third kappa shape index (κ3) is 4.33. The highest BCUT2D eigenvalue weighted by Crippen LogP contribution is 2.55. The molecule has 5 atom stereocenters. The third-order valence-corrected chi connectivity index (χ3v) is 8.55. The van der Waals surface area contributed by atoms with Crippen LogP contribution < -0.4 is 0 Å². The van der Waals surface area contributed by atoms with E-state index in [1.165, 1.54) is 0 Å². The Kier molecular flexibility index (Phi) is 6.94. The Bertz CT molecular complexity index is 919. The van der Waals surface area contributed by atoms with Crippen LogP contribution in [-0.2, 0) is 19.1 Å². The van der Waals surface area contributed by atoms with E-state index in [1.807, 2.05) is 36.4 Å². The lowest BCUT2D eigenvalue weighted by molar-refractivity contribution is -0.165. The van der Waals surface area contributed by atoms with Crippen molar-refractivity contribution in [2.24, 2.45) is 23.2 Å². The molecule has 1 saturated carbocycles. The van der Waals surface area contributed by atoms with Crippen LogP contribution in [0.4, 0.5) is 0 Å². The maximum atomic E-state index is 13.5. The molecule has 5 heteroatoms. The first kappa shape index (κ1) is 23.3. The van der Waals surface area contributed by atoms with Gasteiger partial charge in [-0.15, -0.1) is 0 Å². The lowest BCUT2D eigenvalue weighted by Crippen LogP contribution is -2.44. The Morgan fingerprint density at radius 2 is 1.97 bits per heavy atom. The van der Waals surface area contributed by atoms with E-state index in [2.05, 4.69) is 42.8 Å². The summed E-state index contributed by atoms with van der Waals surface area (Å²) in [4.78, 5) is 26.7. The Morgan fingerprint density at radius 1 is 1.22 bits per heavy atom. The summed E-state index contributed by atoms with van der Waals surface area (Å²) >= 11 is 3.67. The van der Waals surface area contributed by atoms with Gasteiger partial charge in [-0.25, -0.2) is 4.79 Å². The smallest absolute Gasteiger partial charge is 0.374 e. The molecule has 4 nitrogen and oxygen atoms in total. The minimum atomic E-state index is -0.830. The molecule has 3 aliphatic rings. The quantitative estimate of drug-likeness (QED) is 0.433. The molecule has 1 aliphatic heterocycles. The van der Waals surface area contributed by atoms with Crippen LogP contribution in [0.3, 0.4) is 0 Å². The Labute approximate surface area is 199 Å². The van der Waals surface area contributed by atoms with E-state index in [1.54, 1.807) is 0 Å². The van der Waals surface area contributed by atoms with E-state index in [-0.39, 0.29) is 23.8 Å². The highest BCUT2D eigenvalue weighted by atomic mass is 79.9. The van der Waals surface area contributed by atoms with Gasteiger partial charge in [0.05, 0.1) is 0 Å². The van der Waals surface area contributed by atoms with Gasteiger partial charge < -0.3 is 9.47 Å². The fourth-order valence-electron chi connectivity index (χ4n) is 5.66. The average Bonchev–Trinajstić information content (AvgIpc) is 2.77. The van der Waals surface area contributed by atoms with Crippen molar-refractivity contribution in [1.82, 2.24) is 0 Å². The predicted molar refractivity (Wildman–Crippen MR) is 128 cm³/mol. The molecule has 0 unspecified atom stereocenters. The van der Waals surface area contributed by atoms with Crippen molar-refractivity contribution in [3.8, 4) is 0 Å². The first-order chi connectivity index (χ1) is 15.3. The summed E-state index contributed by atoms with van der Waals surface area (Å²) in [6.45, 7) is 6.58. The summed E-state index contributed by atoms with van der Waals surface area (Å²) in [6.07, 6.45) is 9.32. The molecule has 1 aromatic rings. The second-order valence-corrected chi connectivity index (χ2v) is 10.8. The summed E-state index contributed by atoms with van der Waals surface area (Å²) in [7, 11) is 0. The van der Waals surface area contributed by atoms with Gasteiger partial charge in [0.25, 0.3) is 0 Å². The zero-order valence-electron chi connectivity index (χ0n) is 19.2. The zero-order valence-corrected chi connectivity index (χ0v) is 20.8. The fraction of sp³-hybridized carbons (Fsp3) is 0.556. The summed E-state index contributed by atoms with van der Waals surface area (Å²) in [5, 5.41) is 0. The molecule has 0 N–H and O–H groups in total. The second-order valence-electron chi connectivity index (χ2n) is 9.99. The van der Waals surface area contributed by atoms with E-state index >= 15 is 0 Å². The largest absolute Gasteiger partial charge is 0.456 e. The molecule has 1 fully saturated rings. The normalized spacial score (nSPS) is 32.8. The molecular weight excluding hydrogens is 468 g/mol. The van der Waals surface area contributed by atoms with Crippen LogP contribution in [0.1, 0.15) is 70.8 Å². The first-order valence-corrected chi connectivity index (χ1v) is 12.7.